The molecule has 0 unspecified atom stereocenters. The first kappa shape index (κ1) is 17.3. The third-order valence-corrected chi connectivity index (χ3v) is 4.20. The molecular formula is C15H24N6OS. The van der Waals surface area contributed by atoms with Crippen molar-refractivity contribution < 1.29 is 4.42 Å². The van der Waals surface area contributed by atoms with Gasteiger partial charge in [-0.1, -0.05) is 0 Å². The van der Waals surface area contributed by atoms with Gasteiger partial charge < -0.3 is 20.0 Å². The van der Waals surface area contributed by atoms with E-state index in [0.717, 1.165) is 34.8 Å². The molecule has 0 aromatic carbocycles. The zero-order valence-corrected chi connectivity index (χ0v) is 15.1. The van der Waals surface area contributed by atoms with Gasteiger partial charge in [0.15, 0.2) is 11.1 Å². The lowest BCUT2D eigenvalue weighted by atomic mass is 10.4. The van der Waals surface area contributed by atoms with Crippen molar-refractivity contribution in [1.29, 1.82) is 0 Å². The van der Waals surface area contributed by atoms with Gasteiger partial charge in [-0.25, -0.2) is 15.0 Å². The summed E-state index contributed by atoms with van der Waals surface area (Å²) in [7, 11) is 3.97. The summed E-state index contributed by atoms with van der Waals surface area (Å²) in [5, 5.41) is 9.45. The third-order valence-electron chi connectivity index (χ3n) is 3.15. The van der Waals surface area contributed by atoms with Crippen LogP contribution in [0.25, 0.3) is 0 Å². The Morgan fingerprint density at radius 3 is 2.65 bits per heavy atom. The molecule has 0 fully saturated rings. The van der Waals surface area contributed by atoms with Gasteiger partial charge in [0.1, 0.15) is 5.76 Å². The zero-order valence-electron chi connectivity index (χ0n) is 14.3. The number of anilines is 1. The topological polar surface area (TPSA) is 78.6 Å². The van der Waals surface area contributed by atoms with Crippen LogP contribution in [0.1, 0.15) is 30.0 Å². The summed E-state index contributed by atoms with van der Waals surface area (Å²) in [6, 6.07) is 0. The van der Waals surface area contributed by atoms with Crippen LogP contribution in [0.3, 0.4) is 0 Å². The Kier molecular flexibility index (Phi) is 5.97. The molecule has 0 saturated carbocycles. The van der Waals surface area contributed by atoms with E-state index in [0.29, 0.717) is 19.0 Å². The number of thiazole rings is 1. The molecule has 0 aliphatic carbocycles. The quantitative estimate of drug-likeness (QED) is 0.621. The average molecular weight is 336 g/mol. The van der Waals surface area contributed by atoms with E-state index in [9.17, 15) is 0 Å². The van der Waals surface area contributed by atoms with Crippen molar-refractivity contribution in [2.75, 3.05) is 25.5 Å². The molecule has 2 aromatic heterocycles. The van der Waals surface area contributed by atoms with Gasteiger partial charge in [-0.15, -0.1) is 11.3 Å². The summed E-state index contributed by atoms with van der Waals surface area (Å²) < 4.78 is 5.56. The maximum atomic E-state index is 5.56. The maximum Gasteiger partial charge on any atom is 0.214 e. The molecule has 8 heteroatoms. The van der Waals surface area contributed by atoms with Gasteiger partial charge in [0.25, 0.3) is 0 Å². The summed E-state index contributed by atoms with van der Waals surface area (Å²) in [6.45, 7) is 7.70. The van der Waals surface area contributed by atoms with Gasteiger partial charge >= 0.3 is 0 Å². The van der Waals surface area contributed by atoms with Crippen molar-refractivity contribution in [3.05, 3.63) is 28.4 Å². The van der Waals surface area contributed by atoms with Crippen molar-refractivity contribution in [3.63, 3.8) is 0 Å². The number of oxazole rings is 1. The highest BCUT2D eigenvalue weighted by molar-refractivity contribution is 7.13. The number of hydrogen-bond donors (Lipinski definition) is 2. The molecule has 2 aromatic rings. The average Bonchev–Trinajstić information content (AvgIpc) is 3.10. The van der Waals surface area contributed by atoms with E-state index < -0.39 is 0 Å². The standard InChI is InChI=1S/C15H24N6OS/c1-6-16-14(18-8-13-19-10(2)11(3)22-13)17-7-12-9-23-15(20-12)21(4)5/h9H,6-8H2,1-5H3,(H2,16,17,18). The number of aromatic nitrogens is 2. The van der Waals surface area contributed by atoms with Crippen LogP contribution in [0.5, 0.6) is 0 Å². The Labute approximate surface area is 140 Å². The van der Waals surface area contributed by atoms with E-state index >= 15 is 0 Å². The Morgan fingerprint density at radius 2 is 2.09 bits per heavy atom. The second kappa shape index (κ2) is 7.96. The summed E-state index contributed by atoms with van der Waals surface area (Å²) in [5.41, 5.74) is 1.88. The first-order valence-electron chi connectivity index (χ1n) is 7.56. The van der Waals surface area contributed by atoms with Crippen LogP contribution in [0, 0.1) is 13.8 Å². The number of aryl methyl sites for hydroxylation is 2. The van der Waals surface area contributed by atoms with Gasteiger partial charge in [-0.3, -0.25) is 0 Å². The molecule has 0 aliphatic heterocycles. The van der Waals surface area contributed by atoms with E-state index in [-0.39, 0.29) is 0 Å². The molecule has 126 valence electrons. The second-order valence-corrected chi connectivity index (χ2v) is 6.15. The Morgan fingerprint density at radius 1 is 1.30 bits per heavy atom. The summed E-state index contributed by atoms with van der Waals surface area (Å²) in [5.74, 6) is 2.23. The normalized spacial score (nSPS) is 11.6. The predicted molar refractivity (Wildman–Crippen MR) is 94.1 cm³/mol. The molecule has 0 saturated heterocycles. The molecule has 0 aliphatic rings. The highest BCUT2D eigenvalue weighted by Gasteiger charge is 2.07. The van der Waals surface area contributed by atoms with Gasteiger partial charge in [-0.05, 0) is 20.8 Å². The Balaban J connectivity index is 1.96. The van der Waals surface area contributed by atoms with E-state index in [1.165, 1.54) is 0 Å². The van der Waals surface area contributed by atoms with E-state index in [1.807, 2.05) is 45.1 Å². The van der Waals surface area contributed by atoms with Crippen LogP contribution in [0.4, 0.5) is 5.13 Å². The monoisotopic (exact) mass is 336 g/mol. The second-order valence-electron chi connectivity index (χ2n) is 5.31. The Hall–Kier alpha value is -2.09. The molecule has 23 heavy (non-hydrogen) atoms. The predicted octanol–water partition coefficient (Wildman–Crippen LogP) is 2.07. The molecule has 0 amide bonds. The minimum atomic E-state index is 0.501. The third kappa shape index (κ3) is 4.95. The number of aliphatic imine (C=N–C) groups is 1. The fourth-order valence-corrected chi connectivity index (χ4v) is 2.60. The molecular weight excluding hydrogens is 312 g/mol. The van der Waals surface area contributed by atoms with Crippen molar-refractivity contribution >= 4 is 22.4 Å². The van der Waals surface area contributed by atoms with Crippen LogP contribution in [0.15, 0.2) is 14.8 Å². The molecule has 0 radical (unpaired) electrons. The van der Waals surface area contributed by atoms with Crippen molar-refractivity contribution in [2.45, 2.75) is 33.9 Å². The van der Waals surface area contributed by atoms with Crippen molar-refractivity contribution in [2.24, 2.45) is 4.99 Å². The summed E-state index contributed by atoms with van der Waals surface area (Å²) in [4.78, 5) is 15.4. The molecule has 2 heterocycles. The molecule has 2 rings (SSSR count). The molecule has 0 bridgehead atoms. The van der Waals surface area contributed by atoms with Crippen LogP contribution in [-0.2, 0) is 13.1 Å². The van der Waals surface area contributed by atoms with E-state index in [2.05, 4.69) is 25.6 Å². The number of nitrogens with one attached hydrogen (secondary N) is 2. The smallest absolute Gasteiger partial charge is 0.214 e. The van der Waals surface area contributed by atoms with Gasteiger partial charge in [-0.2, -0.15) is 0 Å². The fraction of sp³-hybridized carbons (Fsp3) is 0.533. The van der Waals surface area contributed by atoms with Gasteiger partial charge in [0.2, 0.25) is 5.89 Å². The lowest BCUT2D eigenvalue weighted by molar-refractivity contribution is 0.463. The van der Waals surface area contributed by atoms with Gasteiger partial charge in [0, 0.05) is 26.0 Å². The number of rotatable bonds is 6. The first-order chi connectivity index (χ1) is 11.0. The summed E-state index contributed by atoms with van der Waals surface area (Å²) >= 11 is 1.62. The molecule has 0 atom stereocenters. The maximum absolute atomic E-state index is 5.56. The SMILES string of the molecule is CCNC(=NCc1csc(N(C)C)n1)NCc1nc(C)c(C)o1. The van der Waals surface area contributed by atoms with Crippen LogP contribution < -0.4 is 15.5 Å². The number of guanidine groups is 1. The number of hydrogen-bond acceptors (Lipinski definition) is 6. The molecule has 0 spiro atoms. The zero-order chi connectivity index (χ0) is 16.8. The highest BCUT2D eigenvalue weighted by atomic mass is 32.1. The number of nitrogens with zero attached hydrogens (tertiary/aromatic N) is 4. The fourth-order valence-electron chi connectivity index (χ4n) is 1.85. The largest absolute Gasteiger partial charge is 0.444 e. The minimum Gasteiger partial charge on any atom is -0.444 e. The summed E-state index contributed by atoms with van der Waals surface area (Å²) in [6.07, 6.45) is 0. The lowest BCUT2D eigenvalue weighted by Gasteiger charge is -2.09. The molecule has 7 nitrogen and oxygen atoms in total. The van der Waals surface area contributed by atoms with Crippen LogP contribution in [0.2, 0.25) is 0 Å². The molecule has 2 N–H and O–H groups in total. The van der Waals surface area contributed by atoms with Crippen molar-refractivity contribution in [1.82, 2.24) is 20.6 Å². The van der Waals surface area contributed by atoms with Crippen molar-refractivity contribution in [3.8, 4) is 0 Å². The highest BCUT2D eigenvalue weighted by Crippen LogP contribution is 2.18. The minimum absolute atomic E-state index is 0.501. The van der Waals surface area contributed by atoms with E-state index in [1.54, 1.807) is 11.3 Å². The van der Waals surface area contributed by atoms with E-state index in [4.69, 9.17) is 4.42 Å². The lowest BCUT2D eigenvalue weighted by Crippen LogP contribution is -2.36. The first-order valence-corrected chi connectivity index (χ1v) is 8.44. The van der Waals surface area contributed by atoms with Crippen LogP contribution in [-0.4, -0.2) is 36.6 Å². The Bertz CT molecular complexity index is 641. The van der Waals surface area contributed by atoms with Gasteiger partial charge in [0.05, 0.1) is 24.5 Å². The van der Waals surface area contributed by atoms with Crippen LogP contribution >= 0.6 is 11.3 Å².